The van der Waals surface area contributed by atoms with Gasteiger partial charge in [0, 0.05) is 25.7 Å². The second-order valence-electron chi connectivity index (χ2n) is 7.55. The average molecular weight is 276 g/mol. The third kappa shape index (κ3) is 1.16. The Morgan fingerprint density at radius 3 is 1.25 bits per heavy atom. The number of hydrogen-bond acceptors (Lipinski definition) is 4. The largest absolute Gasteiger partial charge is 0.466 e. The van der Waals surface area contributed by atoms with Gasteiger partial charge in [0.1, 0.15) is 0 Å². The van der Waals surface area contributed by atoms with Crippen molar-refractivity contribution in [3.8, 4) is 0 Å². The molecule has 0 aromatic heterocycles. The minimum Gasteiger partial charge on any atom is -0.466 e. The number of hydrogen-bond donors (Lipinski definition) is 0. The predicted molar refractivity (Wildman–Crippen MR) is 68.2 cm³/mol. The smallest absolute Gasteiger partial charge is 0.302 e. The lowest BCUT2D eigenvalue weighted by molar-refractivity contribution is -0.154. The van der Waals surface area contributed by atoms with Gasteiger partial charge in [-0.2, -0.15) is 0 Å². The molecule has 0 saturated heterocycles. The molecule has 0 spiro atoms. The van der Waals surface area contributed by atoms with Gasteiger partial charge in [-0.15, -0.1) is 0 Å². The van der Waals surface area contributed by atoms with Crippen LogP contribution in [0.4, 0.5) is 0 Å². The zero-order chi connectivity index (χ0) is 13.8. The second kappa shape index (κ2) is 3.40. The van der Waals surface area contributed by atoms with Crippen LogP contribution in [0.2, 0.25) is 0 Å². The maximum absolute atomic E-state index is 11.1. The van der Waals surface area contributed by atoms with Crippen LogP contribution < -0.4 is 0 Å². The minimum absolute atomic E-state index is 0.190. The van der Waals surface area contributed by atoms with Crippen LogP contribution >= 0.6 is 0 Å². The molecule has 0 aromatic rings. The molecule has 0 N–H and O–H groups in total. The van der Waals surface area contributed by atoms with Crippen molar-refractivity contribution < 1.29 is 19.1 Å². The molecule has 4 heteroatoms. The molecule has 0 radical (unpaired) electrons. The number of esters is 2. The van der Waals surface area contributed by atoms with Crippen LogP contribution in [0, 0.1) is 59.2 Å². The van der Waals surface area contributed by atoms with Crippen LogP contribution in [0.25, 0.3) is 0 Å². The summed E-state index contributed by atoms with van der Waals surface area (Å²) >= 11 is 0. The van der Waals surface area contributed by atoms with Crippen molar-refractivity contribution in [1.29, 1.82) is 0 Å². The number of ether oxygens (including phenoxy) is 2. The monoisotopic (exact) mass is 276 g/mol. The van der Waals surface area contributed by atoms with Crippen LogP contribution in [-0.4, -0.2) is 25.2 Å². The van der Waals surface area contributed by atoms with Crippen molar-refractivity contribution in [3.05, 3.63) is 0 Å². The summed E-state index contributed by atoms with van der Waals surface area (Å²) in [6, 6.07) is 0. The van der Waals surface area contributed by atoms with Crippen molar-refractivity contribution >= 4 is 11.9 Å². The molecule has 2 bridgehead atoms. The van der Waals surface area contributed by atoms with E-state index in [1.54, 1.807) is 0 Å². The average Bonchev–Trinajstić information content (AvgIpc) is 3.22. The molecule has 4 nitrogen and oxygen atoms in total. The summed E-state index contributed by atoms with van der Waals surface area (Å²) in [6.45, 7) is 4.03. The molecule has 6 aliphatic rings. The molecular weight excluding hydrogens is 256 g/mol. The van der Waals surface area contributed by atoms with E-state index in [4.69, 9.17) is 9.47 Å². The molecule has 6 rings (SSSR count). The maximum atomic E-state index is 11.1. The van der Waals surface area contributed by atoms with Gasteiger partial charge >= 0.3 is 11.9 Å². The van der Waals surface area contributed by atoms with Gasteiger partial charge in [-0.25, -0.2) is 0 Å². The zero-order valence-electron chi connectivity index (χ0n) is 11.8. The first-order valence-corrected chi connectivity index (χ1v) is 7.88. The maximum Gasteiger partial charge on any atom is 0.302 e. The highest BCUT2D eigenvalue weighted by Gasteiger charge is 2.90. The van der Waals surface area contributed by atoms with E-state index in [1.807, 2.05) is 0 Å². The van der Waals surface area contributed by atoms with Gasteiger partial charge in [-0.1, -0.05) is 0 Å². The van der Waals surface area contributed by atoms with Crippen LogP contribution in [0.1, 0.15) is 13.8 Å². The highest BCUT2D eigenvalue weighted by molar-refractivity contribution is 5.66. The fraction of sp³-hybridized carbons (Fsp3) is 0.875. The summed E-state index contributed by atoms with van der Waals surface area (Å²) in [5.74, 6) is 7.67. The van der Waals surface area contributed by atoms with E-state index in [1.165, 1.54) is 13.8 Å². The molecule has 6 atom stereocenters. The molecule has 0 aliphatic heterocycles. The van der Waals surface area contributed by atoms with Crippen molar-refractivity contribution in [2.75, 3.05) is 13.2 Å². The second-order valence-corrected chi connectivity index (χ2v) is 7.55. The highest BCUT2D eigenvalue weighted by Crippen LogP contribution is 2.93. The zero-order valence-corrected chi connectivity index (χ0v) is 11.8. The van der Waals surface area contributed by atoms with Crippen molar-refractivity contribution in [2.24, 2.45) is 59.2 Å². The molecule has 0 amide bonds. The Balaban J connectivity index is 1.40. The van der Waals surface area contributed by atoms with Gasteiger partial charge in [-0.05, 0) is 47.3 Å². The Morgan fingerprint density at radius 2 is 0.950 bits per heavy atom. The van der Waals surface area contributed by atoms with E-state index in [9.17, 15) is 9.59 Å². The molecule has 6 unspecified atom stereocenters. The number of rotatable bonds is 4. The van der Waals surface area contributed by atoms with E-state index in [0.717, 1.165) is 47.3 Å². The van der Waals surface area contributed by atoms with Gasteiger partial charge < -0.3 is 9.47 Å². The third-order valence-electron chi connectivity index (χ3n) is 7.10. The van der Waals surface area contributed by atoms with Crippen molar-refractivity contribution in [2.45, 2.75) is 13.8 Å². The van der Waals surface area contributed by atoms with E-state index in [0.29, 0.717) is 25.0 Å². The lowest BCUT2D eigenvalue weighted by atomic mass is 9.59. The van der Waals surface area contributed by atoms with Crippen LogP contribution in [0.15, 0.2) is 0 Å². The Morgan fingerprint density at radius 1 is 0.650 bits per heavy atom. The fourth-order valence-corrected chi connectivity index (χ4v) is 6.97. The van der Waals surface area contributed by atoms with E-state index in [2.05, 4.69) is 0 Å². The first-order chi connectivity index (χ1) is 9.61. The molecule has 20 heavy (non-hydrogen) atoms. The minimum atomic E-state index is -0.190. The number of fused-ring (bicyclic) bond motifs is 1. The van der Waals surface area contributed by atoms with E-state index in [-0.39, 0.29) is 11.9 Å². The standard InChI is InChI=1S/C16H20O4/c1-5(17)19-3-7-8(4-20-6(2)18)10-13-11-9(7)12-14(10)16(12)15(11)13/h7-16H,3-4H2,1-2H3. The normalized spacial score (nSPS) is 58.3. The summed E-state index contributed by atoms with van der Waals surface area (Å²) in [7, 11) is 0. The molecule has 6 saturated carbocycles. The summed E-state index contributed by atoms with van der Waals surface area (Å²) in [4.78, 5) is 22.3. The number of carbonyl (C=O) groups is 2. The predicted octanol–water partition coefficient (Wildman–Crippen LogP) is 1.34. The summed E-state index contributed by atoms with van der Waals surface area (Å²) < 4.78 is 10.7. The van der Waals surface area contributed by atoms with Crippen LogP contribution in [0.5, 0.6) is 0 Å². The molecule has 0 aromatic carbocycles. The first-order valence-electron chi connectivity index (χ1n) is 7.88. The van der Waals surface area contributed by atoms with E-state index < -0.39 is 0 Å². The SMILES string of the molecule is CC(=O)OCC1C(COC(C)=O)C2C3C4C1C1C2C1C43. The summed E-state index contributed by atoms with van der Waals surface area (Å²) in [5.41, 5.74) is 0. The molecular formula is C16H20O4. The van der Waals surface area contributed by atoms with Crippen molar-refractivity contribution in [1.82, 2.24) is 0 Å². The Hall–Kier alpha value is -1.06. The lowest BCUT2D eigenvalue weighted by Crippen LogP contribution is -2.47. The van der Waals surface area contributed by atoms with Gasteiger partial charge in [0.25, 0.3) is 0 Å². The quantitative estimate of drug-likeness (QED) is 0.727. The highest BCUT2D eigenvalue weighted by atomic mass is 16.5. The molecule has 6 aliphatic carbocycles. The summed E-state index contributed by atoms with van der Waals surface area (Å²) in [5, 5.41) is 0. The van der Waals surface area contributed by atoms with Gasteiger partial charge in [0.05, 0.1) is 13.2 Å². The topological polar surface area (TPSA) is 52.6 Å². The summed E-state index contributed by atoms with van der Waals surface area (Å²) in [6.07, 6.45) is 0. The lowest BCUT2D eigenvalue weighted by Gasteiger charge is -2.47. The van der Waals surface area contributed by atoms with Crippen molar-refractivity contribution in [3.63, 3.8) is 0 Å². The van der Waals surface area contributed by atoms with Gasteiger partial charge in [0.2, 0.25) is 0 Å². The van der Waals surface area contributed by atoms with Crippen LogP contribution in [0.3, 0.4) is 0 Å². The Labute approximate surface area is 118 Å². The first kappa shape index (κ1) is 11.6. The fourth-order valence-electron chi connectivity index (χ4n) is 6.97. The number of carbonyl (C=O) groups excluding carboxylic acids is 2. The Kier molecular flexibility index (Phi) is 1.97. The Bertz CT molecular complexity index is 449. The van der Waals surface area contributed by atoms with Gasteiger partial charge in [-0.3, -0.25) is 9.59 Å². The molecule has 6 fully saturated rings. The molecule has 0 heterocycles. The van der Waals surface area contributed by atoms with Gasteiger partial charge in [0.15, 0.2) is 0 Å². The van der Waals surface area contributed by atoms with E-state index >= 15 is 0 Å². The van der Waals surface area contributed by atoms with Crippen LogP contribution in [-0.2, 0) is 19.1 Å². The molecule has 108 valence electrons. The third-order valence-corrected chi connectivity index (χ3v) is 7.10.